The molecule has 0 radical (unpaired) electrons. The van der Waals surface area contributed by atoms with E-state index in [1.54, 1.807) is 0 Å². The molecule has 1 amide bonds. The molecule has 1 fully saturated rings. The van der Waals surface area contributed by atoms with E-state index in [1.165, 1.54) is 0 Å². The molecule has 1 heterocycles. The summed E-state index contributed by atoms with van der Waals surface area (Å²) in [5.41, 5.74) is 1.93. The van der Waals surface area contributed by atoms with Gasteiger partial charge in [0.15, 0.2) is 0 Å². The lowest BCUT2D eigenvalue weighted by Crippen LogP contribution is -2.44. The van der Waals surface area contributed by atoms with Crippen molar-refractivity contribution in [3.05, 3.63) is 33.8 Å². The van der Waals surface area contributed by atoms with Crippen LogP contribution in [-0.2, 0) is 0 Å². The fourth-order valence-corrected chi connectivity index (χ4v) is 3.96. The van der Waals surface area contributed by atoms with Gasteiger partial charge in [-0.25, -0.2) is 0 Å². The molecule has 18 heavy (non-hydrogen) atoms. The molecule has 1 aliphatic rings. The highest BCUT2D eigenvalue weighted by Gasteiger charge is 2.26. The van der Waals surface area contributed by atoms with Crippen LogP contribution >= 0.6 is 27.7 Å². The van der Waals surface area contributed by atoms with E-state index < -0.39 is 0 Å². The van der Waals surface area contributed by atoms with Crippen LogP contribution in [0.3, 0.4) is 0 Å². The number of carbonyl (C=O) groups excluding carboxylic acids is 1. The SMILES string of the molecule is Cc1ccc(C(=O)N2CC(C)SC(C)C2)cc1Br. The third-order valence-corrected chi connectivity index (χ3v) is 5.21. The molecule has 1 aliphatic heterocycles. The zero-order chi connectivity index (χ0) is 13.3. The van der Waals surface area contributed by atoms with Gasteiger partial charge in [-0.2, -0.15) is 11.8 Å². The summed E-state index contributed by atoms with van der Waals surface area (Å²) in [4.78, 5) is 14.4. The van der Waals surface area contributed by atoms with Gasteiger partial charge in [0.05, 0.1) is 0 Å². The molecule has 4 heteroatoms. The predicted octanol–water partition coefficient (Wildman–Crippen LogP) is 3.72. The molecule has 2 atom stereocenters. The van der Waals surface area contributed by atoms with Crippen molar-refractivity contribution in [3.8, 4) is 0 Å². The molecule has 0 bridgehead atoms. The summed E-state index contributed by atoms with van der Waals surface area (Å²) in [5.74, 6) is 0.148. The molecule has 1 aromatic rings. The van der Waals surface area contributed by atoms with Crippen LogP contribution in [0, 0.1) is 6.92 Å². The minimum Gasteiger partial charge on any atom is -0.336 e. The lowest BCUT2D eigenvalue weighted by molar-refractivity contribution is 0.0753. The van der Waals surface area contributed by atoms with Crippen LogP contribution < -0.4 is 0 Å². The number of hydrogen-bond donors (Lipinski definition) is 0. The molecule has 2 rings (SSSR count). The fraction of sp³-hybridized carbons (Fsp3) is 0.500. The van der Waals surface area contributed by atoms with Crippen LogP contribution in [0.2, 0.25) is 0 Å². The van der Waals surface area contributed by atoms with Gasteiger partial charge < -0.3 is 4.90 Å². The number of nitrogens with zero attached hydrogens (tertiary/aromatic N) is 1. The molecule has 2 unspecified atom stereocenters. The van der Waals surface area contributed by atoms with Crippen LogP contribution in [0.1, 0.15) is 29.8 Å². The molecule has 0 aliphatic carbocycles. The highest BCUT2D eigenvalue weighted by molar-refractivity contribution is 9.10. The van der Waals surface area contributed by atoms with Gasteiger partial charge in [-0.15, -0.1) is 0 Å². The zero-order valence-electron chi connectivity index (χ0n) is 10.9. The zero-order valence-corrected chi connectivity index (χ0v) is 13.3. The first-order chi connectivity index (χ1) is 8.47. The molecule has 0 aromatic heterocycles. The van der Waals surface area contributed by atoms with E-state index in [0.717, 1.165) is 28.7 Å². The topological polar surface area (TPSA) is 20.3 Å². The number of halogens is 1. The number of amides is 1. The predicted molar refractivity (Wildman–Crippen MR) is 81.3 cm³/mol. The van der Waals surface area contributed by atoms with Crippen molar-refractivity contribution in [1.29, 1.82) is 0 Å². The van der Waals surface area contributed by atoms with E-state index in [4.69, 9.17) is 0 Å². The van der Waals surface area contributed by atoms with E-state index in [0.29, 0.717) is 10.5 Å². The Bertz CT molecular complexity index is 453. The molecule has 2 nitrogen and oxygen atoms in total. The van der Waals surface area contributed by atoms with E-state index in [9.17, 15) is 4.79 Å². The first-order valence-corrected chi connectivity index (χ1v) is 7.92. The summed E-state index contributed by atoms with van der Waals surface area (Å²) in [5, 5.41) is 1.04. The molecule has 0 N–H and O–H groups in total. The number of hydrogen-bond acceptors (Lipinski definition) is 2. The second kappa shape index (κ2) is 5.66. The molecule has 0 saturated carbocycles. The highest BCUT2D eigenvalue weighted by Crippen LogP contribution is 2.26. The standard InChI is InChI=1S/C14H18BrNOS/c1-9-4-5-12(6-13(9)15)14(17)16-7-10(2)18-11(3)8-16/h4-6,10-11H,7-8H2,1-3H3. The van der Waals surface area contributed by atoms with Crippen molar-refractivity contribution in [2.45, 2.75) is 31.3 Å². The monoisotopic (exact) mass is 327 g/mol. The van der Waals surface area contributed by atoms with Gasteiger partial charge >= 0.3 is 0 Å². The summed E-state index contributed by atoms with van der Waals surface area (Å²) in [7, 11) is 0. The normalized spacial score (nSPS) is 24.1. The summed E-state index contributed by atoms with van der Waals surface area (Å²) in [6, 6.07) is 5.83. The van der Waals surface area contributed by atoms with E-state index in [2.05, 4.69) is 29.8 Å². The Labute approximate surface area is 121 Å². The molecule has 98 valence electrons. The summed E-state index contributed by atoms with van der Waals surface area (Å²) in [6.45, 7) is 8.09. The Morgan fingerprint density at radius 1 is 1.33 bits per heavy atom. The Balaban J connectivity index is 2.17. The van der Waals surface area contributed by atoms with Crippen LogP contribution in [-0.4, -0.2) is 34.4 Å². The molecular formula is C14H18BrNOS. The van der Waals surface area contributed by atoms with Crippen molar-refractivity contribution in [3.63, 3.8) is 0 Å². The first-order valence-electron chi connectivity index (χ1n) is 6.18. The summed E-state index contributed by atoms with van der Waals surface area (Å²) in [6.07, 6.45) is 0. The van der Waals surface area contributed by atoms with Gasteiger partial charge in [0, 0.05) is 33.6 Å². The lowest BCUT2D eigenvalue weighted by Gasteiger charge is -2.34. The second-order valence-corrected chi connectivity index (χ2v) is 7.67. The number of rotatable bonds is 1. The van der Waals surface area contributed by atoms with Crippen molar-refractivity contribution in [1.82, 2.24) is 4.90 Å². The van der Waals surface area contributed by atoms with E-state index >= 15 is 0 Å². The number of thioether (sulfide) groups is 1. The summed E-state index contributed by atoms with van der Waals surface area (Å²) >= 11 is 5.45. The third kappa shape index (κ3) is 3.09. The summed E-state index contributed by atoms with van der Waals surface area (Å²) < 4.78 is 1.00. The molecule has 1 aromatic carbocycles. The maximum absolute atomic E-state index is 12.5. The first kappa shape index (κ1) is 13.9. The van der Waals surface area contributed by atoms with Crippen LogP contribution in [0.4, 0.5) is 0 Å². The van der Waals surface area contributed by atoms with Gasteiger partial charge in [-0.05, 0) is 24.6 Å². The maximum Gasteiger partial charge on any atom is 0.253 e. The molecule has 1 saturated heterocycles. The van der Waals surface area contributed by atoms with Gasteiger partial charge in [0.2, 0.25) is 0 Å². The largest absolute Gasteiger partial charge is 0.336 e. The Kier molecular flexibility index (Phi) is 4.38. The second-order valence-electron chi connectivity index (χ2n) is 4.93. The quantitative estimate of drug-likeness (QED) is 0.783. The van der Waals surface area contributed by atoms with Crippen LogP contribution in [0.25, 0.3) is 0 Å². The Morgan fingerprint density at radius 2 is 1.94 bits per heavy atom. The Morgan fingerprint density at radius 3 is 2.50 bits per heavy atom. The molecular weight excluding hydrogens is 310 g/mol. The minimum atomic E-state index is 0.148. The minimum absolute atomic E-state index is 0.148. The van der Waals surface area contributed by atoms with Gasteiger partial charge in [0.1, 0.15) is 0 Å². The number of benzene rings is 1. The smallest absolute Gasteiger partial charge is 0.253 e. The van der Waals surface area contributed by atoms with Gasteiger partial charge in [-0.3, -0.25) is 4.79 Å². The average molecular weight is 328 g/mol. The fourth-order valence-electron chi connectivity index (χ4n) is 2.25. The van der Waals surface area contributed by atoms with Crippen molar-refractivity contribution < 1.29 is 4.79 Å². The highest BCUT2D eigenvalue weighted by atomic mass is 79.9. The van der Waals surface area contributed by atoms with Gasteiger partial charge in [-0.1, -0.05) is 35.8 Å². The lowest BCUT2D eigenvalue weighted by atomic mass is 10.1. The van der Waals surface area contributed by atoms with Crippen molar-refractivity contribution in [2.75, 3.05) is 13.1 Å². The molecule has 0 spiro atoms. The van der Waals surface area contributed by atoms with E-state index in [-0.39, 0.29) is 5.91 Å². The third-order valence-electron chi connectivity index (χ3n) is 3.13. The number of carbonyl (C=O) groups is 1. The van der Waals surface area contributed by atoms with Crippen LogP contribution in [0.15, 0.2) is 22.7 Å². The van der Waals surface area contributed by atoms with Crippen LogP contribution in [0.5, 0.6) is 0 Å². The average Bonchev–Trinajstić information content (AvgIpc) is 2.30. The number of aryl methyl sites for hydroxylation is 1. The van der Waals surface area contributed by atoms with Crippen molar-refractivity contribution >= 4 is 33.6 Å². The van der Waals surface area contributed by atoms with Gasteiger partial charge in [0.25, 0.3) is 5.91 Å². The maximum atomic E-state index is 12.5. The van der Waals surface area contributed by atoms with E-state index in [1.807, 2.05) is 41.8 Å². The van der Waals surface area contributed by atoms with Crippen molar-refractivity contribution in [2.24, 2.45) is 0 Å². The Hall–Kier alpha value is -0.480.